The van der Waals surface area contributed by atoms with E-state index in [1.165, 1.54) is 14.2 Å². The van der Waals surface area contributed by atoms with E-state index in [0.717, 1.165) is 0 Å². The molecule has 6 heteroatoms. The molecule has 1 fully saturated rings. The van der Waals surface area contributed by atoms with Crippen molar-refractivity contribution in [1.82, 2.24) is 0 Å². The molecule has 1 aliphatic heterocycles. The molecule has 0 aliphatic carbocycles. The average molecular weight is 236 g/mol. The fourth-order valence-corrected chi connectivity index (χ4v) is 1.59. The first kappa shape index (κ1) is 13.8. The van der Waals surface area contributed by atoms with Crippen molar-refractivity contribution in [2.45, 2.75) is 37.6 Å². The van der Waals surface area contributed by atoms with Crippen LogP contribution < -0.4 is 0 Å². The van der Waals surface area contributed by atoms with Gasteiger partial charge in [0.1, 0.15) is 12.2 Å². The van der Waals surface area contributed by atoms with Crippen molar-refractivity contribution in [2.75, 3.05) is 27.4 Å². The third-order valence-corrected chi connectivity index (χ3v) is 3.12. The molecule has 0 aromatic heterocycles. The summed E-state index contributed by atoms with van der Waals surface area (Å²) in [5, 5.41) is 18.4. The molecule has 0 amide bonds. The molecule has 0 aromatic rings. The van der Waals surface area contributed by atoms with E-state index < -0.39 is 30.4 Å². The van der Waals surface area contributed by atoms with Crippen LogP contribution in [-0.4, -0.2) is 61.4 Å². The first-order valence-electron chi connectivity index (χ1n) is 5.13. The molecule has 2 N–H and O–H groups in total. The molecule has 6 nitrogen and oxygen atoms in total. The molecule has 0 aromatic carbocycles. The Morgan fingerprint density at radius 1 is 1.31 bits per heavy atom. The topological polar surface area (TPSA) is 77.4 Å². The molecular weight excluding hydrogens is 216 g/mol. The van der Waals surface area contributed by atoms with Crippen LogP contribution in [0, 0.1) is 0 Å². The first-order chi connectivity index (χ1) is 7.42. The second kappa shape index (κ2) is 4.95. The van der Waals surface area contributed by atoms with Gasteiger partial charge in [-0.25, -0.2) is 0 Å². The number of hydrogen-bond acceptors (Lipinski definition) is 6. The fourth-order valence-electron chi connectivity index (χ4n) is 1.59. The third-order valence-electron chi connectivity index (χ3n) is 3.12. The van der Waals surface area contributed by atoms with Crippen LogP contribution in [-0.2, 0) is 18.9 Å². The summed E-state index contributed by atoms with van der Waals surface area (Å²) in [4.78, 5) is 0. The Morgan fingerprint density at radius 3 is 2.31 bits per heavy atom. The number of aliphatic hydroxyl groups is 2. The number of rotatable bonds is 4. The van der Waals surface area contributed by atoms with Gasteiger partial charge in [0.25, 0.3) is 0 Å². The van der Waals surface area contributed by atoms with E-state index in [1.54, 1.807) is 13.8 Å². The Balaban J connectivity index is 2.81. The molecule has 1 rings (SSSR count). The van der Waals surface area contributed by atoms with E-state index in [-0.39, 0.29) is 6.61 Å². The lowest BCUT2D eigenvalue weighted by molar-refractivity contribution is -0.437. The third kappa shape index (κ3) is 2.22. The quantitative estimate of drug-likeness (QED) is 0.684. The molecule has 0 radical (unpaired) electrons. The summed E-state index contributed by atoms with van der Waals surface area (Å²) in [5.41, 5.74) is 0. The lowest BCUT2D eigenvalue weighted by Gasteiger charge is -2.49. The van der Waals surface area contributed by atoms with Gasteiger partial charge in [0.05, 0.1) is 13.2 Å². The van der Waals surface area contributed by atoms with Crippen molar-refractivity contribution in [3.05, 3.63) is 0 Å². The maximum atomic E-state index is 9.50. The molecule has 0 bridgehead atoms. The van der Waals surface area contributed by atoms with Crippen molar-refractivity contribution in [3.63, 3.8) is 0 Å². The molecule has 1 unspecified atom stereocenters. The van der Waals surface area contributed by atoms with Gasteiger partial charge in [0, 0.05) is 14.2 Å². The molecule has 0 spiro atoms. The maximum Gasteiger partial charge on any atom is 0.220 e. The number of aliphatic hydroxyl groups excluding tert-OH is 2. The van der Waals surface area contributed by atoms with Crippen LogP contribution in [0.1, 0.15) is 13.8 Å². The lowest BCUT2D eigenvalue weighted by Crippen LogP contribution is -2.64. The van der Waals surface area contributed by atoms with Crippen molar-refractivity contribution in [2.24, 2.45) is 0 Å². The van der Waals surface area contributed by atoms with E-state index in [2.05, 4.69) is 0 Å². The standard InChI is InChI=1S/C10H20O6/c1-9(13-3)10(2,14-4)16-8(6-15-9)7(12)5-11/h7-8,11-12H,5-6H2,1-4H3/t7-,8-,9?,10-/m0/s1. The van der Waals surface area contributed by atoms with Crippen LogP contribution in [0.2, 0.25) is 0 Å². The van der Waals surface area contributed by atoms with E-state index >= 15 is 0 Å². The summed E-state index contributed by atoms with van der Waals surface area (Å²) >= 11 is 0. The van der Waals surface area contributed by atoms with Crippen molar-refractivity contribution in [3.8, 4) is 0 Å². The van der Waals surface area contributed by atoms with Gasteiger partial charge in [-0.2, -0.15) is 0 Å². The highest BCUT2D eigenvalue weighted by Gasteiger charge is 2.54. The zero-order valence-corrected chi connectivity index (χ0v) is 10.1. The van der Waals surface area contributed by atoms with E-state index in [0.29, 0.717) is 0 Å². The predicted octanol–water partition coefficient (Wildman–Crippen LogP) is -0.520. The molecular formula is C10H20O6. The highest BCUT2D eigenvalue weighted by molar-refractivity contribution is 4.88. The summed E-state index contributed by atoms with van der Waals surface area (Å²) in [5.74, 6) is -2.19. The van der Waals surface area contributed by atoms with E-state index in [4.69, 9.17) is 24.1 Å². The Morgan fingerprint density at radius 2 is 1.88 bits per heavy atom. The summed E-state index contributed by atoms with van der Waals surface area (Å²) < 4.78 is 21.6. The Kier molecular flexibility index (Phi) is 4.28. The van der Waals surface area contributed by atoms with Gasteiger partial charge in [-0.05, 0) is 13.8 Å². The molecule has 4 atom stereocenters. The van der Waals surface area contributed by atoms with Crippen molar-refractivity contribution in [1.29, 1.82) is 0 Å². The zero-order valence-electron chi connectivity index (χ0n) is 10.1. The van der Waals surface area contributed by atoms with Gasteiger partial charge in [0.15, 0.2) is 0 Å². The van der Waals surface area contributed by atoms with Crippen molar-refractivity contribution < 1.29 is 29.2 Å². The summed E-state index contributed by atoms with van der Waals surface area (Å²) in [6.45, 7) is 3.09. The minimum absolute atomic E-state index is 0.130. The monoisotopic (exact) mass is 236 g/mol. The molecule has 0 saturated carbocycles. The normalized spacial score (nSPS) is 42.0. The van der Waals surface area contributed by atoms with Gasteiger partial charge in [-0.1, -0.05) is 0 Å². The van der Waals surface area contributed by atoms with Crippen LogP contribution in [0.3, 0.4) is 0 Å². The zero-order chi connectivity index (χ0) is 12.4. The molecule has 1 saturated heterocycles. The van der Waals surface area contributed by atoms with Gasteiger partial charge < -0.3 is 29.2 Å². The van der Waals surface area contributed by atoms with Crippen molar-refractivity contribution >= 4 is 0 Å². The summed E-state index contributed by atoms with van der Waals surface area (Å²) in [6, 6.07) is 0. The smallest absolute Gasteiger partial charge is 0.220 e. The maximum absolute atomic E-state index is 9.50. The largest absolute Gasteiger partial charge is 0.394 e. The SMILES string of the molecule is COC1(C)OC[C@@H]([C@@H](O)CO)O[C@]1(C)OC. The van der Waals surface area contributed by atoms with E-state index in [1.807, 2.05) is 0 Å². The van der Waals surface area contributed by atoms with Gasteiger partial charge in [0.2, 0.25) is 11.6 Å². The van der Waals surface area contributed by atoms with Gasteiger partial charge in [-0.15, -0.1) is 0 Å². The van der Waals surface area contributed by atoms with Crippen LogP contribution in [0.15, 0.2) is 0 Å². The van der Waals surface area contributed by atoms with Crippen LogP contribution in [0.4, 0.5) is 0 Å². The summed E-state index contributed by atoms with van der Waals surface area (Å²) in [6.07, 6.45) is -1.64. The fraction of sp³-hybridized carbons (Fsp3) is 1.00. The van der Waals surface area contributed by atoms with Gasteiger partial charge >= 0.3 is 0 Å². The molecule has 1 heterocycles. The predicted molar refractivity (Wildman–Crippen MR) is 54.7 cm³/mol. The molecule has 16 heavy (non-hydrogen) atoms. The Labute approximate surface area is 95.1 Å². The highest BCUT2D eigenvalue weighted by Crippen LogP contribution is 2.36. The number of ether oxygens (including phenoxy) is 4. The van der Waals surface area contributed by atoms with Crippen LogP contribution >= 0.6 is 0 Å². The van der Waals surface area contributed by atoms with Crippen LogP contribution in [0.25, 0.3) is 0 Å². The highest BCUT2D eigenvalue weighted by atomic mass is 16.8. The Hall–Kier alpha value is -0.240. The minimum atomic E-state index is -1.14. The lowest BCUT2D eigenvalue weighted by atomic mass is 10.1. The second-order valence-corrected chi connectivity index (χ2v) is 4.02. The average Bonchev–Trinajstić information content (AvgIpc) is 2.31. The first-order valence-corrected chi connectivity index (χ1v) is 5.13. The van der Waals surface area contributed by atoms with E-state index in [9.17, 15) is 5.11 Å². The molecule has 96 valence electrons. The Bertz CT molecular complexity index is 235. The second-order valence-electron chi connectivity index (χ2n) is 4.02. The number of hydrogen-bond donors (Lipinski definition) is 2. The van der Waals surface area contributed by atoms with Gasteiger partial charge in [-0.3, -0.25) is 0 Å². The minimum Gasteiger partial charge on any atom is -0.394 e. The van der Waals surface area contributed by atoms with Crippen LogP contribution in [0.5, 0.6) is 0 Å². The summed E-state index contributed by atoms with van der Waals surface area (Å²) in [7, 11) is 2.96. The number of methoxy groups -OCH3 is 2. The molecule has 1 aliphatic rings.